The minimum Gasteiger partial charge on any atom is -0.493 e. The van der Waals surface area contributed by atoms with Crippen molar-refractivity contribution in [1.29, 1.82) is 0 Å². The molecule has 2 aliphatic heterocycles. The lowest BCUT2D eigenvalue weighted by atomic mass is 9.67. The third-order valence-corrected chi connectivity index (χ3v) is 7.68. The first kappa shape index (κ1) is 25.1. The summed E-state index contributed by atoms with van der Waals surface area (Å²) >= 11 is 0. The summed E-state index contributed by atoms with van der Waals surface area (Å²) in [5, 5.41) is 0. The second-order valence-corrected chi connectivity index (χ2v) is 9.97. The van der Waals surface area contributed by atoms with Crippen LogP contribution >= 0.6 is 0 Å². The molecular weight excluding hydrogens is 502 g/mol. The molecule has 0 radical (unpaired) electrons. The summed E-state index contributed by atoms with van der Waals surface area (Å²) in [5.74, 6) is 0.468. The van der Waals surface area contributed by atoms with Gasteiger partial charge >= 0.3 is 11.9 Å². The van der Waals surface area contributed by atoms with E-state index in [9.17, 15) is 9.59 Å². The maximum atomic E-state index is 13.0. The summed E-state index contributed by atoms with van der Waals surface area (Å²) in [7, 11) is 2.97. The number of hydrogen-bond donors (Lipinski definition) is 1. The van der Waals surface area contributed by atoms with Gasteiger partial charge in [0.2, 0.25) is 12.5 Å². The van der Waals surface area contributed by atoms with Crippen molar-refractivity contribution >= 4 is 11.9 Å². The molecule has 1 saturated heterocycles. The summed E-state index contributed by atoms with van der Waals surface area (Å²) in [6.45, 7) is 0.517. The monoisotopic (exact) mass is 531 g/mol. The first-order chi connectivity index (χ1) is 19.0. The number of rotatable bonds is 7. The number of carbonyl (C=O) groups is 2. The van der Waals surface area contributed by atoms with Gasteiger partial charge in [0.25, 0.3) is 0 Å². The van der Waals surface area contributed by atoms with Crippen molar-refractivity contribution < 1.29 is 38.0 Å². The summed E-state index contributed by atoms with van der Waals surface area (Å²) in [4.78, 5) is 25.9. The van der Waals surface area contributed by atoms with Crippen LogP contribution in [0.1, 0.15) is 28.2 Å². The van der Waals surface area contributed by atoms with Crippen LogP contribution in [0.15, 0.2) is 54.6 Å². The Hall–Kier alpha value is -4.24. The van der Waals surface area contributed by atoms with Gasteiger partial charge in [-0.2, -0.15) is 0 Å². The molecular formula is C30H29NO8. The number of benzene rings is 3. The SMILES string of the molecule is COc1cc([C@@H]2c3cc4c(cc3C[C@H]3COC(=O)[C@@H]32)OCO4)cc(OC)c1OC(=O)[C@@H](N)Cc1ccccc1. The lowest BCUT2D eigenvalue weighted by Gasteiger charge is -2.34. The van der Waals surface area contributed by atoms with Crippen LogP contribution in [0.4, 0.5) is 0 Å². The molecule has 1 aliphatic carbocycles. The van der Waals surface area contributed by atoms with Crippen molar-refractivity contribution in [3.05, 3.63) is 76.9 Å². The molecule has 0 bridgehead atoms. The quantitative estimate of drug-likeness (QED) is 0.362. The molecule has 0 aromatic heterocycles. The second-order valence-electron chi connectivity index (χ2n) is 9.97. The third-order valence-electron chi connectivity index (χ3n) is 7.68. The predicted octanol–water partition coefficient (Wildman–Crippen LogP) is 3.39. The van der Waals surface area contributed by atoms with Crippen LogP contribution in [-0.4, -0.2) is 45.6 Å². The molecule has 0 spiro atoms. The van der Waals surface area contributed by atoms with E-state index < -0.39 is 12.0 Å². The number of cyclic esters (lactones) is 1. The molecule has 9 heteroatoms. The van der Waals surface area contributed by atoms with Gasteiger partial charge in [0.15, 0.2) is 23.0 Å². The molecule has 4 atom stereocenters. The van der Waals surface area contributed by atoms with Gasteiger partial charge in [0, 0.05) is 11.8 Å². The molecule has 2 N–H and O–H groups in total. The van der Waals surface area contributed by atoms with Gasteiger partial charge in [-0.15, -0.1) is 0 Å². The minimum atomic E-state index is -0.884. The normalized spacial score (nSPS) is 21.4. The Kier molecular flexibility index (Phi) is 6.52. The van der Waals surface area contributed by atoms with E-state index in [0.29, 0.717) is 42.4 Å². The van der Waals surface area contributed by atoms with E-state index >= 15 is 0 Å². The molecule has 9 nitrogen and oxygen atoms in total. The van der Waals surface area contributed by atoms with Crippen LogP contribution in [0.3, 0.4) is 0 Å². The Balaban J connectivity index is 1.37. The van der Waals surface area contributed by atoms with Gasteiger partial charge in [-0.05, 0) is 59.4 Å². The molecule has 6 rings (SSSR count). The molecule has 39 heavy (non-hydrogen) atoms. The van der Waals surface area contributed by atoms with E-state index in [1.807, 2.05) is 42.5 Å². The van der Waals surface area contributed by atoms with E-state index in [2.05, 4.69) is 0 Å². The van der Waals surface area contributed by atoms with Crippen molar-refractivity contribution in [3.8, 4) is 28.7 Å². The van der Waals surface area contributed by atoms with Crippen molar-refractivity contribution in [1.82, 2.24) is 0 Å². The number of methoxy groups -OCH3 is 2. The molecule has 3 aromatic carbocycles. The van der Waals surface area contributed by atoms with Crippen molar-refractivity contribution in [2.75, 3.05) is 27.6 Å². The fraction of sp³-hybridized carbons (Fsp3) is 0.333. The molecule has 3 aliphatic rings. The highest BCUT2D eigenvalue weighted by Gasteiger charge is 2.48. The lowest BCUT2D eigenvalue weighted by molar-refractivity contribution is -0.141. The number of ether oxygens (including phenoxy) is 6. The zero-order valence-corrected chi connectivity index (χ0v) is 21.7. The number of carbonyl (C=O) groups excluding carboxylic acids is 2. The Labute approximate surface area is 225 Å². The Morgan fingerprint density at radius 3 is 2.38 bits per heavy atom. The molecule has 0 unspecified atom stereocenters. The number of esters is 2. The van der Waals surface area contributed by atoms with Crippen LogP contribution in [0, 0.1) is 11.8 Å². The number of hydrogen-bond acceptors (Lipinski definition) is 9. The van der Waals surface area contributed by atoms with Crippen molar-refractivity contribution in [2.45, 2.75) is 24.8 Å². The zero-order valence-electron chi connectivity index (χ0n) is 21.7. The van der Waals surface area contributed by atoms with E-state index in [0.717, 1.165) is 22.3 Å². The Morgan fingerprint density at radius 1 is 1.00 bits per heavy atom. The van der Waals surface area contributed by atoms with Gasteiger partial charge in [-0.25, -0.2) is 4.79 Å². The molecule has 1 fully saturated rings. The zero-order chi connectivity index (χ0) is 27.1. The lowest BCUT2D eigenvalue weighted by Crippen LogP contribution is -2.36. The molecule has 3 aromatic rings. The first-order valence-corrected chi connectivity index (χ1v) is 12.8. The van der Waals surface area contributed by atoms with Crippen LogP contribution in [0.25, 0.3) is 0 Å². The average molecular weight is 532 g/mol. The summed E-state index contributed by atoms with van der Waals surface area (Å²) in [6, 6.07) is 16.1. The van der Waals surface area contributed by atoms with E-state index in [-0.39, 0.29) is 36.3 Å². The maximum absolute atomic E-state index is 13.0. The third kappa shape index (κ3) is 4.52. The smallest absolute Gasteiger partial charge is 0.328 e. The van der Waals surface area contributed by atoms with Gasteiger partial charge in [0.1, 0.15) is 6.04 Å². The number of fused-ring (bicyclic) bond motifs is 3. The van der Waals surface area contributed by atoms with Gasteiger partial charge in [-0.3, -0.25) is 4.79 Å². The fourth-order valence-electron chi connectivity index (χ4n) is 5.81. The van der Waals surface area contributed by atoms with Gasteiger partial charge in [-0.1, -0.05) is 30.3 Å². The predicted molar refractivity (Wildman–Crippen MR) is 139 cm³/mol. The van der Waals surface area contributed by atoms with Crippen molar-refractivity contribution in [3.63, 3.8) is 0 Å². The van der Waals surface area contributed by atoms with Crippen LogP contribution in [0.2, 0.25) is 0 Å². The van der Waals surface area contributed by atoms with Gasteiger partial charge < -0.3 is 34.2 Å². The highest BCUT2D eigenvalue weighted by molar-refractivity contribution is 5.81. The Bertz CT molecular complexity index is 1400. The summed E-state index contributed by atoms with van der Waals surface area (Å²) in [5.41, 5.74) is 9.89. The number of nitrogens with two attached hydrogens (primary N) is 1. The van der Waals surface area contributed by atoms with E-state index in [1.165, 1.54) is 14.2 Å². The standard InChI is InChI=1S/C30H29NO8/c1-34-24-11-18(12-25(35-2)28(24)39-29(32)21(31)8-16-6-4-3-5-7-16)26-20-13-23-22(37-15-38-23)10-17(20)9-19-14-36-30(33)27(19)26/h3-7,10-13,19,21,26-27H,8-9,14-15,31H2,1-2H3/t19-,21-,26+,27-/m0/s1. The highest BCUT2D eigenvalue weighted by atomic mass is 16.7. The van der Waals surface area contributed by atoms with Crippen LogP contribution in [-0.2, 0) is 27.2 Å². The van der Waals surface area contributed by atoms with Crippen LogP contribution in [0.5, 0.6) is 28.7 Å². The minimum absolute atomic E-state index is 0.0147. The van der Waals surface area contributed by atoms with Crippen molar-refractivity contribution in [2.24, 2.45) is 17.6 Å². The summed E-state index contributed by atoms with van der Waals surface area (Å²) < 4.78 is 33.8. The summed E-state index contributed by atoms with van der Waals surface area (Å²) in [6.07, 6.45) is 1.02. The topological polar surface area (TPSA) is 116 Å². The molecule has 202 valence electrons. The second kappa shape index (κ2) is 10.1. The largest absolute Gasteiger partial charge is 0.493 e. The highest BCUT2D eigenvalue weighted by Crippen LogP contribution is 2.52. The first-order valence-electron chi connectivity index (χ1n) is 12.8. The van der Waals surface area contributed by atoms with Crippen LogP contribution < -0.4 is 29.4 Å². The Morgan fingerprint density at radius 2 is 1.69 bits per heavy atom. The van der Waals surface area contributed by atoms with Gasteiger partial charge in [0.05, 0.1) is 26.7 Å². The molecule has 2 heterocycles. The fourth-order valence-corrected chi connectivity index (χ4v) is 5.81. The van der Waals surface area contributed by atoms with E-state index in [1.54, 1.807) is 12.1 Å². The maximum Gasteiger partial charge on any atom is 0.328 e. The van der Waals surface area contributed by atoms with E-state index in [4.69, 9.17) is 34.2 Å². The average Bonchev–Trinajstić information content (AvgIpc) is 3.56. The molecule has 0 saturated carbocycles. The molecule has 0 amide bonds.